The molecule has 4 rings (SSSR count). The first-order chi connectivity index (χ1) is 21.0. The normalized spacial score (nSPS) is 11.7. The number of carbonyl (C=O) groups is 2. The van der Waals surface area contributed by atoms with Crippen LogP contribution in [0, 0.1) is 11.7 Å². The van der Waals surface area contributed by atoms with E-state index in [-0.39, 0.29) is 29.2 Å². The molecule has 228 valence electrons. The summed E-state index contributed by atoms with van der Waals surface area (Å²) in [5.74, 6) is -2.10. The quantitative estimate of drug-likeness (QED) is 0.149. The Hall–Kier alpha value is -4.92. The molecule has 0 saturated carbocycles. The van der Waals surface area contributed by atoms with Crippen molar-refractivity contribution in [2.24, 2.45) is 5.92 Å². The van der Waals surface area contributed by atoms with Crippen LogP contribution in [0.25, 0.3) is 6.08 Å². The van der Waals surface area contributed by atoms with Gasteiger partial charge in [-0.15, -0.1) is 0 Å². The van der Waals surface area contributed by atoms with E-state index in [9.17, 15) is 27.2 Å². The predicted octanol–water partition coefficient (Wildman–Crippen LogP) is 8.71. The highest BCUT2D eigenvalue weighted by atomic mass is 19.4. The van der Waals surface area contributed by atoms with Crippen LogP contribution >= 0.6 is 0 Å². The molecule has 0 radical (unpaired) electrons. The molecule has 0 aliphatic rings. The van der Waals surface area contributed by atoms with E-state index < -0.39 is 29.5 Å². The summed E-state index contributed by atoms with van der Waals surface area (Å²) >= 11 is 0. The Bertz CT molecular complexity index is 1530. The first-order valence-corrected chi connectivity index (χ1v) is 13.9. The molecule has 0 heterocycles. The van der Waals surface area contributed by atoms with Crippen LogP contribution in [-0.4, -0.2) is 22.2 Å². The fourth-order valence-electron chi connectivity index (χ4n) is 4.60. The van der Waals surface area contributed by atoms with Crippen LogP contribution in [0.15, 0.2) is 97.1 Å². The Labute approximate surface area is 252 Å². The molecule has 0 saturated heterocycles. The van der Waals surface area contributed by atoms with Crippen LogP contribution in [0.4, 0.5) is 17.6 Å². The maximum absolute atomic E-state index is 14.7. The average molecular weight is 607 g/mol. The van der Waals surface area contributed by atoms with Crippen molar-refractivity contribution in [3.05, 3.63) is 142 Å². The van der Waals surface area contributed by atoms with Gasteiger partial charge in [0.15, 0.2) is 0 Å². The van der Waals surface area contributed by atoms with Gasteiger partial charge < -0.3 is 14.9 Å². The van der Waals surface area contributed by atoms with Crippen molar-refractivity contribution in [2.75, 3.05) is 0 Å². The third kappa shape index (κ3) is 9.29. The average Bonchev–Trinajstić information content (AvgIpc) is 3.01. The number of benzene rings is 4. The Kier molecular flexibility index (Phi) is 10.6. The molecule has 0 aliphatic heterocycles. The number of allylic oxidation sites excluding steroid dienone is 1. The van der Waals surface area contributed by atoms with Gasteiger partial charge in [0.05, 0.1) is 16.7 Å². The molecule has 0 bridgehead atoms. The molecule has 0 unspecified atom stereocenters. The van der Waals surface area contributed by atoms with Crippen LogP contribution in [0.1, 0.15) is 61.4 Å². The summed E-state index contributed by atoms with van der Waals surface area (Å²) in [6.45, 7) is 0.0108. The molecular formula is C35H30F4O5. The van der Waals surface area contributed by atoms with Gasteiger partial charge in [0.2, 0.25) is 0 Å². The minimum Gasteiger partial charge on any atom is -0.489 e. The molecule has 0 atom stereocenters. The summed E-state index contributed by atoms with van der Waals surface area (Å²) in [6.07, 6.45) is 1.87. The predicted molar refractivity (Wildman–Crippen MR) is 158 cm³/mol. The Morgan fingerprint density at radius 2 is 1.23 bits per heavy atom. The SMILES string of the molecule is O=C(O)c1ccc(CCC(/C=C/c2cc(OCc3ccc(C(F)(F)F)cc3)ccc2F)CCc2ccc(C(=O)O)cc2)cc1. The second kappa shape index (κ2) is 14.5. The van der Waals surface area contributed by atoms with Gasteiger partial charge in [-0.3, -0.25) is 0 Å². The van der Waals surface area contributed by atoms with Crippen LogP contribution < -0.4 is 4.74 Å². The number of aryl methyl sites for hydroxylation is 2. The molecule has 0 amide bonds. The van der Waals surface area contributed by atoms with Crippen LogP contribution in [0.3, 0.4) is 0 Å². The van der Waals surface area contributed by atoms with Crippen molar-refractivity contribution in [2.45, 2.75) is 38.5 Å². The Morgan fingerprint density at radius 3 is 1.70 bits per heavy atom. The zero-order chi connectivity index (χ0) is 31.7. The summed E-state index contributed by atoms with van der Waals surface area (Å²) in [6, 6.07) is 22.2. The second-order valence-corrected chi connectivity index (χ2v) is 10.4. The molecule has 0 aromatic heterocycles. The molecule has 4 aromatic carbocycles. The highest BCUT2D eigenvalue weighted by Gasteiger charge is 2.29. The van der Waals surface area contributed by atoms with Gasteiger partial charge in [-0.05, 0) is 103 Å². The molecule has 0 aliphatic carbocycles. The zero-order valence-corrected chi connectivity index (χ0v) is 23.6. The smallest absolute Gasteiger partial charge is 0.416 e. The monoisotopic (exact) mass is 606 g/mol. The van der Waals surface area contributed by atoms with Gasteiger partial charge in [0, 0.05) is 5.56 Å². The highest BCUT2D eigenvalue weighted by molar-refractivity contribution is 5.88. The van der Waals surface area contributed by atoms with E-state index in [1.54, 1.807) is 54.6 Å². The number of alkyl halides is 3. The lowest BCUT2D eigenvalue weighted by molar-refractivity contribution is -0.137. The molecule has 44 heavy (non-hydrogen) atoms. The zero-order valence-electron chi connectivity index (χ0n) is 23.6. The number of rotatable bonds is 13. The van der Waals surface area contributed by atoms with Crippen LogP contribution in [0.5, 0.6) is 5.75 Å². The molecule has 2 N–H and O–H groups in total. The maximum Gasteiger partial charge on any atom is 0.416 e. The number of hydrogen-bond donors (Lipinski definition) is 2. The first kappa shape index (κ1) is 32.0. The molecule has 4 aromatic rings. The first-order valence-electron chi connectivity index (χ1n) is 13.9. The van der Waals surface area contributed by atoms with E-state index in [1.807, 2.05) is 6.08 Å². The van der Waals surface area contributed by atoms with Crippen molar-refractivity contribution in [1.82, 2.24) is 0 Å². The van der Waals surface area contributed by atoms with Crippen molar-refractivity contribution in [3.8, 4) is 5.75 Å². The highest BCUT2D eigenvalue weighted by Crippen LogP contribution is 2.29. The lowest BCUT2D eigenvalue weighted by Gasteiger charge is -2.14. The second-order valence-electron chi connectivity index (χ2n) is 10.4. The third-order valence-electron chi connectivity index (χ3n) is 7.21. The van der Waals surface area contributed by atoms with E-state index in [0.717, 1.165) is 23.3 Å². The lowest BCUT2D eigenvalue weighted by atomic mass is 9.92. The standard InChI is InChI=1S/C35H30F4O5/c36-32-20-19-31(44-22-26-10-17-30(18-11-26)35(37,38)39)21-29(32)16-9-23(1-3-24-5-12-27(13-6-24)33(40)41)2-4-25-7-14-28(15-8-25)34(42)43/h5-21,23H,1-4,22H2,(H,40,41)(H,42,43)/b16-9+. The number of ether oxygens (including phenoxy) is 1. The summed E-state index contributed by atoms with van der Waals surface area (Å²) in [5.41, 5.74) is 2.40. The third-order valence-corrected chi connectivity index (χ3v) is 7.21. The van der Waals surface area contributed by atoms with E-state index in [4.69, 9.17) is 14.9 Å². The van der Waals surface area contributed by atoms with Gasteiger partial charge in [-0.2, -0.15) is 13.2 Å². The number of aromatic carboxylic acids is 2. The number of carboxylic acids is 2. The minimum atomic E-state index is -4.43. The number of halogens is 4. The van der Waals surface area contributed by atoms with E-state index in [0.29, 0.717) is 37.0 Å². The fourth-order valence-corrected chi connectivity index (χ4v) is 4.60. The van der Waals surface area contributed by atoms with Gasteiger partial charge in [-0.25, -0.2) is 14.0 Å². The maximum atomic E-state index is 14.7. The van der Waals surface area contributed by atoms with Gasteiger partial charge in [0.1, 0.15) is 18.2 Å². The van der Waals surface area contributed by atoms with Gasteiger partial charge >= 0.3 is 18.1 Å². The summed E-state index contributed by atoms with van der Waals surface area (Å²) in [7, 11) is 0. The van der Waals surface area contributed by atoms with Crippen molar-refractivity contribution in [3.63, 3.8) is 0 Å². The molecule has 0 spiro atoms. The number of carboxylic acid groups (broad SMARTS) is 2. The van der Waals surface area contributed by atoms with Crippen molar-refractivity contribution < 1.29 is 42.1 Å². The van der Waals surface area contributed by atoms with Crippen molar-refractivity contribution in [1.29, 1.82) is 0 Å². The van der Waals surface area contributed by atoms with Crippen LogP contribution in [0.2, 0.25) is 0 Å². The molecule has 9 heteroatoms. The van der Waals surface area contributed by atoms with Crippen molar-refractivity contribution >= 4 is 18.0 Å². The molecule has 0 fully saturated rings. The summed E-state index contributed by atoms with van der Waals surface area (Å²) in [5, 5.41) is 18.3. The largest absolute Gasteiger partial charge is 0.489 e. The van der Waals surface area contributed by atoms with E-state index >= 15 is 0 Å². The van der Waals surface area contributed by atoms with Gasteiger partial charge in [0.25, 0.3) is 0 Å². The lowest BCUT2D eigenvalue weighted by Crippen LogP contribution is -2.05. The fraction of sp³-hybridized carbons (Fsp3) is 0.200. The minimum absolute atomic E-state index is 0.00409. The van der Waals surface area contributed by atoms with Crippen LogP contribution in [-0.2, 0) is 25.6 Å². The Morgan fingerprint density at radius 1 is 0.727 bits per heavy atom. The number of hydrogen-bond acceptors (Lipinski definition) is 3. The van der Waals surface area contributed by atoms with E-state index in [2.05, 4.69) is 0 Å². The summed E-state index contributed by atoms with van der Waals surface area (Å²) in [4.78, 5) is 22.3. The molecule has 5 nitrogen and oxygen atoms in total. The Balaban J connectivity index is 1.45. The van der Waals surface area contributed by atoms with E-state index in [1.165, 1.54) is 30.3 Å². The van der Waals surface area contributed by atoms with Gasteiger partial charge in [-0.1, -0.05) is 48.6 Å². The molecular weight excluding hydrogens is 576 g/mol. The topological polar surface area (TPSA) is 83.8 Å². The summed E-state index contributed by atoms with van der Waals surface area (Å²) < 4.78 is 58.9.